The highest BCUT2D eigenvalue weighted by molar-refractivity contribution is 5.60. The first kappa shape index (κ1) is 11.8. The highest BCUT2D eigenvalue weighted by Gasteiger charge is 2.16. The van der Waals surface area contributed by atoms with E-state index in [1.54, 1.807) is 13.2 Å². The Morgan fingerprint density at radius 2 is 2.29 bits per heavy atom. The van der Waals surface area contributed by atoms with Crippen molar-refractivity contribution in [3.63, 3.8) is 0 Å². The molecule has 1 aliphatic rings. The molecule has 3 nitrogen and oxygen atoms in total. The van der Waals surface area contributed by atoms with Crippen LogP contribution in [-0.2, 0) is 0 Å². The summed E-state index contributed by atoms with van der Waals surface area (Å²) in [4.78, 5) is 0. The van der Waals surface area contributed by atoms with Crippen LogP contribution in [0, 0.1) is 17.2 Å². The van der Waals surface area contributed by atoms with E-state index in [4.69, 9.17) is 10.00 Å². The topological polar surface area (TPSA) is 45.0 Å². The van der Waals surface area contributed by atoms with Crippen molar-refractivity contribution in [3.8, 4) is 11.8 Å². The van der Waals surface area contributed by atoms with E-state index < -0.39 is 0 Å². The van der Waals surface area contributed by atoms with Crippen LogP contribution in [0.5, 0.6) is 5.75 Å². The van der Waals surface area contributed by atoms with Crippen LogP contribution >= 0.6 is 0 Å². The SMILES string of the molecule is COc1ccc(C#N)c(NCCC2CCC2)c1. The van der Waals surface area contributed by atoms with Crippen LogP contribution in [0.2, 0.25) is 0 Å². The third-order valence-electron chi connectivity index (χ3n) is 3.44. The molecule has 0 unspecified atom stereocenters. The van der Waals surface area contributed by atoms with Gasteiger partial charge in [0.05, 0.1) is 18.4 Å². The normalized spacial score (nSPS) is 14.8. The van der Waals surface area contributed by atoms with Gasteiger partial charge in [0.25, 0.3) is 0 Å². The molecule has 3 heteroatoms. The first-order valence-electron chi connectivity index (χ1n) is 6.15. The number of hydrogen-bond acceptors (Lipinski definition) is 3. The van der Waals surface area contributed by atoms with Gasteiger partial charge in [-0.25, -0.2) is 0 Å². The van der Waals surface area contributed by atoms with Crippen LogP contribution in [0.25, 0.3) is 0 Å². The van der Waals surface area contributed by atoms with Crippen LogP contribution in [-0.4, -0.2) is 13.7 Å². The first-order valence-corrected chi connectivity index (χ1v) is 6.15. The summed E-state index contributed by atoms with van der Waals surface area (Å²) < 4.78 is 5.16. The minimum atomic E-state index is 0.680. The van der Waals surface area contributed by atoms with Crippen molar-refractivity contribution >= 4 is 5.69 Å². The summed E-state index contributed by atoms with van der Waals surface area (Å²) in [5.74, 6) is 1.67. The van der Waals surface area contributed by atoms with Gasteiger partial charge in [0.1, 0.15) is 11.8 Å². The number of anilines is 1. The lowest BCUT2D eigenvalue weighted by Gasteiger charge is -2.25. The molecule has 0 atom stereocenters. The third-order valence-corrected chi connectivity index (χ3v) is 3.44. The minimum absolute atomic E-state index is 0.680. The summed E-state index contributed by atoms with van der Waals surface area (Å²) in [6, 6.07) is 7.69. The van der Waals surface area contributed by atoms with Crippen molar-refractivity contribution in [2.45, 2.75) is 25.7 Å². The second-order valence-corrected chi connectivity index (χ2v) is 4.54. The van der Waals surface area contributed by atoms with E-state index in [0.717, 1.165) is 23.9 Å². The van der Waals surface area contributed by atoms with Gasteiger partial charge < -0.3 is 10.1 Å². The Morgan fingerprint density at radius 3 is 2.88 bits per heavy atom. The molecule has 0 radical (unpaired) electrons. The van der Waals surface area contributed by atoms with Gasteiger partial charge in [-0.1, -0.05) is 19.3 Å². The van der Waals surface area contributed by atoms with Gasteiger partial charge in [0, 0.05) is 12.6 Å². The maximum Gasteiger partial charge on any atom is 0.121 e. The smallest absolute Gasteiger partial charge is 0.121 e. The molecular weight excluding hydrogens is 212 g/mol. The largest absolute Gasteiger partial charge is 0.497 e. The maximum atomic E-state index is 9.02. The maximum absolute atomic E-state index is 9.02. The zero-order chi connectivity index (χ0) is 12.1. The number of nitrogens with zero attached hydrogens (tertiary/aromatic N) is 1. The van der Waals surface area contributed by atoms with Crippen LogP contribution in [0.4, 0.5) is 5.69 Å². The van der Waals surface area contributed by atoms with Crippen molar-refractivity contribution in [1.29, 1.82) is 5.26 Å². The Morgan fingerprint density at radius 1 is 1.47 bits per heavy atom. The van der Waals surface area contributed by atoms with Gasteiger partial charge >= 0.3 is 0 Å². The summed E-state index contributed by atoms with van der Waals surface area (Å²) in [6.07, 6.45) is 5.31. The predicted molar refractivity (Wildman–Crippen MR) is 68.2 cm³/mol. The Hall–Kier alpha value is -1.69. The molecule has 2 rings (SSSR count). The standard InChI is InChI=1S/C14H18N2O/c1-17-13-6-5-12(10-15)14(9-13)16-8-7-11-3-2-4-11/h5-6,9,11,16H,2-4,7-8H2,1H3. The van der Waals surface area contributed by atoms with Gasteiger partial charge in [0.15, 0.2) is 0 Å². The van der Waals surface area contributed by atoms with E-state index in [2.05, 4.69) is 11.4 Å². The monoisotopic (exact) mass is 230 g/mol. The molecule has 0 aromatic heterocycles. The van der Waals surface area contributed by atoms with Crippen molar-refractivity contribution in [3.05, 3.63) is 23.8 Å². The molecule has 1 saturated carbocycles. The summed E-state index contributed by atoms with van der Waals surface area (Å²) in [5, 5.41) is 12.4. The van der Waals surface area contributed by atoms with E-state index in [1.807, 2.05) is 12.1 Å². The molecule has 0 saturated heterocycles. The van der Waals surface area contributed by atoms with Crippen molar-refractivity contribution in [1.82, 2.24) is 0 Å². The van der Waals surface area contributed by atoms with Gasteiger partial charge in [-0.3, -0.25) is 0 Å². The average Bonchev–Trinajstić information content (AvgIpc) is 2.32. The lowest BCUT2D eigenvalue weighted by Crippen LogP contribution is -2.15. The van der Waals surface area contributed by atoms with Crippen LogP contribution < -0.4 is 10.1 Å². The highest BCUT2D eigenvalue weighted by Crippen LogP contribution is 2.29. The summed E-state index contributed by atoms with van der Waals surface area (Å²) in [5.41, 5.74) is 1.56. The average molecular weight is 230 g/mol. The van der Waals surface area contributed by atoms with E-state index in [-0.39, 0.29) is 0 Å². The summed E-state index contributed by atoms with van der Waals surface area (Å²) in [7, 11) is 1.64. The number of methoxy groups -OCH3 is 1. The van der Waals surface area contributed by atoms with Gasteiger partial charge in [-0.15, -0.1) is 0 Å². The molecule has 1 aromatic rings. The van der Waals surface area contributed by atoms with Gasteiger partial charge in [-0.2, -0.15) is 5.26 Å². The molecule has 0 aliphatic heterocycles. The number of hydrogen-bond donors (Lipinski definition) is 1. The van der Waals surface area contributed by atoms with Gasteiger partial charge in [-0.05, 0) is 24.5 Å². The molecule has 1 aliphatic carbocycles. The Balaban J connectivity index is 1.94. The van der Waals surface area contributed by atoms with E-state index >= 15 is 0 Å². The fourth-order valence-corrected chi connectivity index (χ4v) is 2.09. The minimum Gasteiger partial charge on any atom is -0.497 e. The van der Waals surface area contributed by atoms with Crippen molar-refractivity contribution < 1.29 is 4.74 Å². The number of rotatable bonds is 5. The highest BCUT2D eigenvalue weighted by atomic mass is 16.5. The van der Waals surface area contributed by atoms with Crippen LogP contribution in [0.3, 0.4) is 0 Å². The summed E-state index contributed by atoms with van der Waals surface area (Å²) in [6.45, 7) is 0.937. The Bertz CT molecular complexity index is 419. The second-order valence-electron chi connectivity index (χ2n) is 4.54. The molecule has 0 amide bonds. The fraction of sp³-hybridized carbons (Fsp3) is 0.500. The quantitative estimate of drug-likeness (QED) is 0.845. The molecular formula is C14H18N2O. The molecule has 0 heterocycles. The number of nitrogens with one attached hydrogen (secondary N) is 1. The lowest BCUT2D eigenvalue weighted by atomic mass is 9.83. The molecule has 90 valence electrons. The Kier molecular flexibility index (Phi) is 3.87. The second kappa shape index (κ2) is 5.58. The van der Waals surface area contributed by atoms with E-state index in [1.165, 1.54) is 25.7 Å². The van der Waals surface area contributed by atoms with Crippen molar-refractivity contribution in [2.24, 2.45) is 5.92 Å². The van der Waals surface area contributed by atoms with E-state index in [0.29, 0.717) is 5.56 Å². The van der Waals surface area contributed by atoms with Crippen molar-refractivity contribution in [2.75, 3.05) is 19.0 Å². The first-order chi connectivity index (χ1) is 8.33. The molecule has 0 bridgehead atoms. The molecule has 1 N–H and O–H groups in total. The zero-order valence-corrected chi connectivity index (χ0v) is 10.2. The van der Waals surface area contributed by atoms with Crippen LogP contribution in [0.1, 0.15) is 31.2 Å². The third kappa shape index (κ3) is 2.91. The van der Waals surface area contributed by atoms with E-state index in [9.17, 15) is 0 Å². The predicted octanol–water partition coefficient (Wildman–Crippen LogP) is 3.17. The lowest BCUT2D eigenvalue weighted by molar-refractivity contribution is 0.303. The molecule has 17 heavy (non-hydrogen) atoms. The summed E-state index contributed by atoms with van der Waals surface area (Å²) >= 11 is 0. The van der Waals surface area contributed by atoms with Gasteiger partial charge in [0.2, 0.25) is 0 Å². The fourth-order valence-electron chi connectivity index (χ4n) is 2.09. The number of benzene rings is 1. The molecule has 1 aromatic carbocycles. The molecule has 0 spiro atoms. The zero-order valence-electron chi connectivity index (χ0n) is 10.2. The number of ether oxygens (including phenoxy) is 1. The van der Waals surface area contributed by atoms with Crippen LogP contribution in [0.15, 0.2) is 18.2 Å². The molecule has 1 fully saturated rings. The Labute approximate surface area is 102 Å². The number of nitriles is 1.